The molecule has 23 heavy (non-hydrogen) atoms. The fourth-order valence-electron chi connectivity index (χ4n) is 2.46. The normalized spacial score (nSPS) is 15.7. The SMILES string of the molecule is CCc1cc(SCCN2CCOCC2)nc(-c2ccncc2)n1. The minimum Gasteiger partial charge on any atom is -0.379 e. The lowest BCUT2D eigenvalue weighted by Gasteiger charge is -2.26. The van der Waals surface area contributed by atoms with Crippen molar-refractivity contribution in [3.8, 4) is 11.4 Å². The highest BCUT2D eigenvalue weighted by atomic mass is 32.2. The Kier molecular flexibility index (Phi) is 5.96. The van der Waals surface area contributed by atoms with E-state index in [9.17, 15) is 0 Å². The topological polar surface area (TPSA) is 51.1 Å². The zero-order valence-electron chi connectivity index (χ0n) is 13.4. The number of nitrogens with zero attached hydrogens (tertiary/aromatic N) is 4. The van der Waals surface area contributed by atoms with E-state index in [1.807, 2.05) is 12.1 Å². The summed E-state index contributed by atoms with van der Waals surface area (Å²) in [5.74, 6) is 1.83. The van der Waals surface area contributed by atoms with Crippen molar-refractivity contribution in [3.63, 3.8) is 0 Å². The molecule has 3 heterocycles. The molecule has 3 rings (SSSR count). The van der Waals surface area contributed by atoms with Crippen molar-refractivity contribution in [3.05, 3.63) is 36.3 Å². The first kappa shape index (κ1) is 16.4. The monoisotopic (exact) mass is 330 g/mol. The van der Waals surface area contributed by atoms with Gasteiger partial charge in [-0.25, -0.2) is 9.97 Å². The molecule has 6 heteroatoms. The van der Waals surface area contributed by atoms with Crippen LogP contribution in [0.1, 0.15) is 12.6 Å². The highest BCUT2D eigenvalue weighted by molar-refractivity contribution is 7.99. The number of rotatable bonds is 6. The number of aryl methyl sites for hydroxylation is 1. The fourth-order valence-corrected chi connectivity index (χ4v) is 3.39. The number of aromatic nitrogens is 3. The average molecular weight is 330 g/mol. The molecular weight excluding hydrogens is 308 g/mol. The number of hydrogen-bond acceptors (Lipinski definition) is 6. The van der Waals surface area contributed by atoms with Crippen LogP contribution in [0.3, 0.4) is 0 Å². The Labute approximate surface area is 141 Å². The lowest BCUT2D eigenvalue weighted by atomic mass is 10.2. The molecule has 0 aliphatic carbocycles. The van der Waals surface area contributed by atoms with Gasteiger partial charge in [-0.3, -0.25) is 9.88 Å². The van der Waals surface area contributed by atoms with E-state index in [0.29, 0.717) is 0 Å². The van der Waals surface area contributed by atoms with Gasteiger partial charge >= 0.3 is 0 Å². The fraction of sp³-hybridized carbons (Fsp3) is 0.471. The smallest absolute Gasteiger partial charge is 0.160 e. The first-order valence-corrected chi connectivity index (χ1v) is 9.05. The number of morpholine rings is 1. The van der Waals surface area contributed by atoms with Crippen LogP contribution in [0.25, 0.3) is 11.4 Å². The summed E-state index contributed by atoms with van der Waals surface area (Å²) in [4.78, 5) is 15.9. The maximum absolute atomic E-state index is 5.39. The third kappa shape index (κ3) is 4.73. The average Bonchev–Trinajstić information content (AvgIpc) is 2.63. The molecule has 0 atom stereocenters. The maximum Gasteiger partial charge on any atom is 0.160 e. The van der Waals surface area contributed by atoms with Crippen LogP contribution in [0.4, 0.5) is 0 Å². The van der Waals surface area contributed by atoms with Gasteiger partial charge in [-0.2, -0.15) is 0 Å². The van der Waals surface area contributed by atoms with E-state index in [1.54, 1.807) is 24.2 Å². The third-order valence-corrected chi connectivity index (χ3v) is 4.71. The van der Waals surface area contributed by atoms with Gasteiger partial charge in [0.15, 0.2) is 5.82 Å². The van der Waals surface area contributed by atoms with Gasteiger partial charge in [0.05, 0.1) is 13.2 Å². The summed E-state index contributed by atoms with van der Waals surface area (Å²) in [5.41, 5.74) is 2.10. The quantitative estimate of drug-likeness (QED) is 0.599. The summed E-state index contributed by atoms with van der Waals surface area (Å²) in [6, 6.07) is 6.02. The molecule has 5 nitrogen and oxygen atoms in total. The molecule has 1 aliphatic heterocycles. The van der Waals surface area contributed by atoms with Gasteiger partial charge in [-0.15, -0.1) is 11.8 Å². The van der Waals surface area contributed by atoms with E-state index in [2.05, 4.69) is 27.9 Å². The number of hydrogen-bond donors (Lipinski definition) is 0. The van der Waals surface area contributed by atoms with Crippen LogP contribution in [0.5, 0.6) is 0 Å². The second-order valence-electron chi connectivity index (χ2n) is 5.41. The lowest BCUT2D eigenvalue weighted by Crippen LogP contribution is -2.37. The van der Waals surface area contributed by atoms with Gasteiger partial charge in [0, 0.05) is 49.0 Å². The van der Waals surface area contributed by atoms with E-state index >= 15 is 0 Å². The lowest BCUT2D eigenvalue weighted by molar-refractivity contribution is 0.0410. The molecule has 2 aromatic rings. The molecule has 0 aromatic carbocycles. The molecule has 0 radical (unpaired) electrons. The number of ether oxygens (including phenoxy) is 1. The maximum atomic E-state index is 5.39. The minimum absolute atomic E-state index is 0.792. The molecule has 1 fully saturated rings. The molecule has 0 saturated carbocycles. The molecular formula is C17H22N4OS. The van der Waals surface area contributed by atoms with Gasteiger partial charge < -0.3 is 4.74 Å². The van der Waals surface area contributed by atoms with Crippen molar-refractivity contribution in [1.29, 1.82) is 0 Å². The minimum atomic E-state index is 0.792. The van der Waals surface area contributed by atoms with Crippen LogP contribution >= 0.6 is 11.8 Å². The summed E-state index contributed by atoms with van der Waals surface area (Å²) in [6.45, 7) is 6.97. The van der Waals surface area contributed by atoms with Crippen LogP contribution in [-0.2, 0) is 11.2 Å². The summed E-state index contributed by atoms with van der Waals surface area (Å²) in [5, 5.41) is 1.05. The number of thioether (sulfide) groups is 1. The first-order valence-electron chi connectivity index (χ1n) is 8.06. The van der Waals surface area contributed by atoms with Crippen LogP contribution in [0, 0.1) is 0 Å². The largest absolute Gasteiger partial charge is 0.379 e. The molecule has 0 bridgehead atoms. The van der Waals surface area contributed by atoms with Crippen molar-refractivity contribution in [2.45, 2.75) is 18.4 Å². The van der Waals surface area contributed by atoms with E-state index < -0.39 is 0 Å². The van der Waals surface area contributed by atoms with Crippen LogP contribution in [-0.4, -0.2) is 58.5 Å². The summed E-state index contributed by atoms with van der Waals surface area (Å²) in [6.07, 6.45) is 4.47. The van der Waals surface area contributed by atoms with Crippen LogP contribution in [0.2, 0.25) is 0 Å². The Hall–Kier alpha value is -1.50. The summed E-state index contributed by atoms with van der Waals surface area (Å²) >= 11 is 1.80. The van der Waals surface area contributed by atoms with E-state index in [4.69, 9.17) is 9.72 Å². The molecule has 2 aromatic heterocycles. The summed E-state index contributed by atoms with van der Waals surface area (Å²) < 4.78 is 5.39. The van der Waals surface area contributed by atoms with E-state index in [1.165, 1.54) is 0 Å². The Morgan fingerprint density at radius 3 is 2.70 bits per heavy atom. The van der Waals surface area contributed by atoms with E-state index in [0.717, 1.165) is 67.1 Å². The van der Waals surface area contributed by atoms with Gasteiger partial charge in [-0.05, 0) is 24.6 Å². The molecule has 0 unspecified atom stereocenters. The Balaban J connectivity index is 1.66. The molecule has 0 amide bonds. The van der Waals surface area contributed by atoms with Crippen molar-refractivity contribution < 1.29 is 4.74 Å². The Morgan fingerprint density at radius 2 is 1.96 bits per heavy atom. The third-order valence-electron chi connectivity index (χ3n) is 3.82. The van der Waals surface area contributed by atoms with Crippen LogP contribution in [0.15, 0.2) is 35.6 Å². The first-order chi connectivity index (χ1) is 11.3. The van der Waals surface area contributed by atoms with Crippen molar-refractivity contribution in [2.75, 3.05) is 38.6 Å². The predicted octanol–water partition coefficient (Wildman–Crippen LogP) is 2.53. The van der Waals surface area contributed by atoms with Gasteiger partial charge in [0.25, 0.3) is 0 Å². The van der Waals surface area contributed by atoms with Crippen LogP contribution < -0.4 is 0 Å². The highest BCUT2D eigenvalue weighted by Gasteiger charge is 2.11. The predicted molar refractivity (Wildman–Crippen MR) is 92.6 cm³/mol. The zero-order chi connectivity index (χ0) is 15.9. The van der Waals surface area contributed by atoms with Crippen molar-refractivity contribution in [2.24, 2.45) is 0 Å². The van der Waals surface area contributed by atoms with Gasteiger partial charge in [0.1, 0.15) is 5.03 Å². The second-order valence-corrected chi connectivity index (χ2v) is 6.53. The Morgan fingerprint density at radius 1 is 1.17 bits per heavy atom. The zero-order valence-corrected chi connectivity index (χ0v) is 14.3. The highest BCUT2D eigenvalue weighted by Crippen LogP contribution is 2.21. The van der Waals surface area contributed by atoms with Crippen molar-refractivity contribution in [1.82, 2.24) is 19.9 Å². The van der Waals surface area contributed by atoms with E-state index in [-0.39, 0.29) is 0 Å². The summed E-state index contributed by atoms with van der Waals surface area (Å²) in [7, 11) is 0. The van der Waals surface area contributed by atoms with Gasteiger partial charge in [-0.1, -0.05) is 6.92 Å². The number of pyridine rings is 1. The van der Waals surface area contributed by atoms with Gasteiger partial charge in [0.2, 0.25) is 0 Å². The molecule has 122 valence electrons. The molecule has 0 spiro atoms. The second kappa shape index (κ2) is 8.38. The molecule has 1 aliphatic rings. The standard InChI is InChI=1S/C17H22N4OS/c1-2-15-13-16(23-12-9-21-7-10-22-11-8-21)20-17(19-15)14-3-5-18-6-4-14/h3-6,13H,2,7-12H2,1H3. The molecule has 0 N–H and O–H groups in total. The van der Waals surface area contributed by atoms with Crippen molar-refractivity contribution >= 4 is 11.8 Å². The molecule has 1 saturated heterocycles. The Bertz CT molecular complexity index is 617.